The van der Waals surface area contributed by atoms with Gasteiger partial charge in [0.15, 0.2) is 5.82 Å². The third kappa shape index (κ3) is 1.37. The van der Waals surface area contributed by atoms with Crippen molar-refractivity contribution < 1.29 is 0 Å². The van der Waals surface area contributed by atoms with Crippen LogP contribution in [-0.4, -0.2) is 19.6 Å². The van der Waals surface area contributed by atoms with Gasteiger partial charge in [-0.05, 0) is 18.5 Å². The van der Waals surface area contributed by atoms with E-state index in [1.54, 1.807) is 0 Å². The van der Waals surface area contributed by atoms with E-state index in [0.29, 0.717) is 10.8 Å². The second-order valence-corrected chi connectivity index (χ2v) is 3.77. The molecule has 5 nitrogen and oxygen atoms in total. The van der Waals surface area contributed by atoms with Crippen LogP contribution in [-0.2, 0) is 6.42 Å². The number of nitrogen functional groups attached to an aromatic ring is 1. The van der Waals surface area contributed by atoms with Gasteiger partial charge in [0, 0.05) is 6.42 Å². The van der Waals surface area contributed by atoms with Crippen LogP contribution in [0.15, 0.2) is 0 Å². The quantitative estimate of drug-likeness (QED) is 0.783. The van der Waals surface area contributed by atoms with Gasteiger partial charge < -0.3 is 5.73 Å². The zero-order valence-corrected chi connectivity index (χ0v) is 8.85. The Hall–Kier alpha value is -1.43. The first kappa shape index (κ1) is 9.14. The summed E-state index contributed by atoms with van der Waals surface area (Å²) in [7, 11) is 0. The van der Waals surface area contributed by atoms with Crippen LogP contribution in [0.3, 0.4) is 0 Å². The minimum Gasteiger partial charge on any atom is -0.389 e. The van der Waals surface area contributed by atoms with Gasteiger partial charge in [-0.2, -0.15) is 9.47 Å². The number of aromatic amines is 1. The van der Waals surface area contributed by atoms with Crippen LogP contribution in [0.2, 0.25) is 0 Å². The fourth-order valence-electron chi connectivity index (χ4n) is 1.22. The highest BCUT2D eigenvalue weighted by Crippen LogP contribution is 2.29. The molecule has 0 aromatic carbocycles. The summed E-state index contributed by atoms with van der Waals surface area (Å²) in [5.74, 6) is 1.51. The predicted octanol–water partition coefficient (Wildman–Crippen LogP) is 1.38. The van der Waals surface area contributed by atoms with E-state index in [1.807, 2.05) is 13.8 Å². The average molecular weight is 209 g/mol. The first-order valence-electron chi connectivity index (χ1n) is 4.35. The summed E-state index contributed by atoms with van der Waals surface area (Å²) in [6, 6.07) is 0. The largest absolute Gasteiger partial charge is 0.389 e. The van der Waals surface area contributed by atoms with Crippen LogP contribution in [0.5, 0.6) is 0 Å². The van der Waals surface area contributed by atoms with E-state index in [-0.39, 0.29) is 0 Å². The minimum absolute atomic E-state index is 0.644. The maximum atomic E-state index is 5.79. The van der Waals surface area contributed by atoms with Gasteiger partial charge in [0.2, 0.25) is 0 Å². The van der Waals surface area contributed by atoms with Crippen molar-refractivity contribution >= 4 is 16.5 Å². The first-order chi connectivity index (χ1) is 6.72. The number of aromatic nitrogens is 4. The molecule has 0 spiro atoms. The van der Waals surface area contributed by atoms with Gasteiger partial charge in [-0.25, -0.2) is 4.98 Å². The number of nitrogens with zero attached hydrogens (tertiary/aromatic N) is 3. The number of hydrogen-bond acceptors (Lipinski definition) is 5. The molecule has 0 saturated carbocycles. The predicted molar refractivity (Wildman–Crippen MR) is 56.0 cm³/mol. The van der Waals surface area contributed by atoms with E-state index in [2.05, 4.69) is 19.6 Å². The molecule has 3 N–H and O–H groups in total. The molecule has 0 aliphatic rings. The molecule has 0 unspecified atom stereocenters. The monoisotopic (exact) mass is 209 g/mol. The van der Waals surface area contributed by atoms with Gasteiger partial charge in [0.1, 0.15) is 10.8 Å². The number of anilines is 1. The zero-order valence-electron chi connectivity index (χ0n) is 8.03. The zero-order chi connectivity index (χ0) is 10.1. The van der Waals surface area contributed by atoms with Gasteiger partial charge in [0.05, 0.1) is 11.3 Å². The van der Waals surface area contributed by atoms with Gasteiger partial charge in [0.25, 0.3) is 0 Å². The number of hydrogen-bond donors (Lipinski definition) is 2. The molecule has 0 aliphatic heterocycles. The molecule has 0 amide bonds. The number of aryl methyl sites for hydroxylation is 2. The van der Waals surface area contributed by atoms with E-state index >= 15 is 0 Å². The van der Waals surface area contributed by atoms with Gasteiger partial charge in [-0.15, -0.1) is 0 Å². The molecule has 2 aromatic heterocycles. The Balaban J connectivity index is 2.48. The highest BCUT2D eigenvalue weighted by molar-refractivity contribution is 7.10. The molecule has 0 radical (unpaired) electrons. The molecule has 74 valence electrons. The van der Waals surface area contributed by atoms with Gasteiger partial charge in [-0.3, -0.25) is 5.10 Å². The van der Waals surface area contributed by atoms with E-state index in [9.17, 15) is 0 Å². The van der Waals surface area contributed by atoms with Crippen molar-refractivity contribution in [2.75, 3.05) is 5.73 Å². The standard InChI is InChI=1S/C8H11N5S/c1-3-5-10-8(12-11-5)6-4(2)13-14-7(6)9/h3,9H2,1-2H3,(H,10,11,12). The molecule has 6 heteroatoms. The topological polar surface area (TPSA) is 80.5 Å². The maximum absolute atomic E-state index is 5.79. The van der Waals surface area contributed by atoms with Crippen molar-refractivity contribution in [3.63, 3.8) is 0 Å². The lowest BCUT2D eigenvalue weighted by Gasteiger charge is -1.92. The molecule has 0 aliphatic carbocycles. The first-order valence-corrected chi connectivity index (χ1v) is 5.13. The number of nitrogens with one attached hydrogen (secondary N) is 1. The highest BCUT2D eigenvalue weighted by atomic mass is 32.1. The number of H-pyrrole nitrogens is 1. The van der Waals surface area contributed by atoms with Crippen LogP contribution in [0, 0.1) is 6.92 Å². The maximum Gasteiger partial charge on any atom is 0.186 e. The van der Waals surface area contributed by atoms with Crippen LogP contribution in [0.4, 0.5) is 5.00 Å². The molecule has 2 aromatic rings. The summed E-state index contributed by atoms with van der Waals surface area (Å²) in [6.45, 7) is 3.93. The summed E-state index contributed by atoms with van der Waals surface area (Å²) in [5.41, 5.74) is 7.52. The second kappa shape index (κ2) is 3.38. The molecular weight excluding hydrogens is 198 g/mol. The summed E-state index contributed by atoms with van der Waals surface area (Å²) in [5, 5.41) is 7.63. The molecule has 0 fully saturated rings. The van der Waals surface area contributed by atoms with E-state index in [1.165, 1.54) is 11.5 Å². The van der Waals surface area contributed by atoms with Crippen molar-refractivity contribution in [2.45, 2.75) is 20.3 Å². The number of nitrogens with two attached hydrogens (primary N) is 1. The van der Waals surface area contributed by atoms with Crippen LogP contribution >= 0.6 is 11.5 Å². The fourth-order valence-corrected chi connectivity index (χ4v) is 1.88. The lowest BCUT2D eigenvalue weighted by molar-refractivity contribution is 0.946. The molecule has 0 saturated heterocycles. The summed E-state index contributed by atoms with van der Waals surface area (Å²) in [4.78, 5) is 4.31. The van der Waals surface area contributed by atoms with Gasteiger partial charge >= 0.3 is 0 Å². The molecule has 0 atom stereocenters. The van der Waals surface area contributed by atoms with Crippen molar-refractivity contribution in [3.8, 4) is 11.4 Å². The van der Waals surface area contributed by atoms with E-state index in [0.717, 1.165) is 23.5 Å². The average Bonchev–Trinajstić information content (AvgIpc) is 2.73. The molecule has 14 heavy (non-hydrogen) atoms. The smallest absolute Gasteiger partial charge is 0.186 e. The fraction of sp³-hybridized carbons (Fsp3) is 0.375. The number of rotatable bonds is 2. The Morgan fingerprint density at radius 1 is 1.50 bits per heavy atom. The Labute approximate surface area is 85.5 Å². The molecular formula is C8H11N5S. The Morgan fingerprint density at radius 2 is 2.29 bits per heavy atom. The van der Waals surface area contributed by atoms with Crippen LogP contribution in [0.1, 0.15) is 18.4 Å². The molecule has 2 heterocycles. The second-order valence-electron chi connectivity index (χ2n) is 2.97. The highest BCUT2D eigenvalue weighted by Gasteiger charge is 2.14. The van der Waals surface area contributed by atoms with Crippen molar-refractivity contribution in [2.24, 2.45) is 0 Å². The summed E-state index contributed by atoms with van der Waals surface area (Å²) < 4.78 is 4.15. The SMILES string of the molecule is CCc1nc(-c2c(C)nsc2N)n[nH]1. The van der Waals surface area contributed by atoms with E-state index < -0.39 is 0 Å². The summed E-state index contributed by atoms with van der Waals surface area (Å²) >= 11 is 1.28. The lowest BCUT2D eigenvalue weighted by Crippen LogP contribution is -1.88. The normalized spacial score (nSPS) is 10.7. The van der Waals surface area contributed by atoms with Crippen molar-refractivity contribution in [3.05, 3.63) is 11.5 Å². The Bertz CT molecular complexity index is 425. The van der Waals surface area contributed by atoms with Gasteiger partial charge in [-0.1, -0.05) is 6.92 Å². The van der Waals surface area contributed by atoms with Crippen molar-refractivity contribution in [1.29, 1.82) is 0 Å². The Morgan fingerprint density at radius 3 is 2.79 bits per heavy atom. The lowest BCUT2D eigenvalue weighted by atomic mass is 10.2. The van der Waals surface area contributed by atoms with Crippen LogP contribution < -0.4 is 5.73 Å². The third-order valence-corrected chi connectivity index (χ3v) is 2.75. The van der Waals surface area contributed by atoms with Crippen molar-refractivity contribution in [1.82, 2.24) is 19.6 Å². The molecule has 2 rings (SSSR count). The van der Waals surface area contributed by atoms with Crippen LogP contribution in [0.25, 0.3) is 11.4 Å². The van der Waals surface area contributed by atoms with E-state index in [4.69, 9.17) is 5.73 Å². The third-order valence-electron chi connectivity index (χ3n) is 1.98. The minimum atomic E-state index is 0.644. The summed E-state index contributed by atoms with van der Waals surface area (Å²) in [6.07, 6.45) is 0.837. The Kier molecular flexibility index (Phi) is 2.20. The molecule has 0 bridgehead atoms.